The Bertz CT molecular complexity index is 1780. The quantitative estimate of drug-likeness (QED) is 0.210. The number of hydrogen-bond donors (Lipinski definition) is 0. The molecule has 11 nitrogen and oxygen atoms in total. The molecule has 41 heavy (non-hydrogen) atoms. The van der Waals surface area contributed by atoms with Crippen LogP contribution in [0.1, 0.15) is 31.2 Å². The standard InChI is InChI=1S/C28H26N4O7S2/c1-6-38-26(34)22-15(2)31-28-32(23(22)16-12-18(35-3)24(37-5)19(13-16)36-4)25(33)20(40-28)14-17-8-9-21(39-17)41-27-29-10-7-11-30-27/h7-14,23H,6H2,1-5H3/b20-14+/t23-/m0/s1. The number of carbonyl (C=O) groups is 1. The van der Waals surface area contributed by atoms with Gasteiger partial charge in [-0.2, -0.15) is 0 Å². The minimum atomic E-state index is -0.862. The van der Waals surface area contributed by atoms with Crippen LogP contribution in [0, 0.1) is 0 Å². The highest BCUT2D eigenvalue weighted by atomic mass is 32.2. The molecule has 0 unspecified atom stereocenters. The van der Waals surface area contributed by atoms with E-state index in [0.717, 1.165) is 0 Å². The van der Waals surface area contributed by atoms with Crippen LogP contribution in [0.25, 0.3) is 6.08 Å². The number of hydrogen-bond acceptors (Lipinski definition) is 12. The summed E-state index contributed by atoms with van der Waals surface area (Å²) < 4.78 is 29.7. The first-order valence-electron chi connectivity index (χ1n) is 12.4. The lowest BCUT2D eigenvalue weighted by atomic mass is 9.95. The number of carbonyl (C=O) groups excluding carboxylic acids is 1. The second-order valence-electron chi connectivity index (χ2n) is 8.55. The van der Waals surface area contributed by atoms with Gasteiger partial charge in [0.2, 0.25) is 5.75 Å². The Morgan fingerprint density at radius 1 is 1.12 bits per heavy atom. The first-order chi connectivity index (χ1) is 19.9. The molecule has 4 aromatic rings. The maximum atomic E-state index is 13.9. The summed E-state index contributed by atoms with van der Waals surface area (Å²) in [5, 5.41) is 1.12. The molecule has 13 heteroatoms. The number of esters is 1. The minimum absolute atomic E-state index is 0.162. The van der Waals surface area contributed by atoms with Gasteiger partial charge in [0.15, 0.2) is 26.5 Å². The Kier molecular flexibility index (Phi) is 8.26. The van der Waals surface area contributed by atoms with Crippen molar-refractivity contribution in [3.63, 3.8) is 0 Å². The van der Waals surface area contributed by atoms with Crippen molar-refractivity contribution in [1.82, 2.24) is 14.5 Å². The number of nitrogens with zero attached hydrogens (tertiary/aromatic N) is 4. The van der Waals surface area contributed by atoms with E-state index in [2.05, 4.69) is 15.0 Å². The monoisotopic (exact) mass is 594 g/mol. The Labute approximate surface area is 242 Å². The Hall–Kier alpha value is -4.36. The molecule has 1 aliphatic rings. The van der Waals surface area contributed by atoms with Crippen molar-refractivity contribution in [2.75, 3.05) is 27.9 Å². The third-order valence-electron chi connectivity index (χ3n) is 6.13. The molecule has 0 amide bonds. The largest absolute Gasteiger partial charge is 0.493 e. The van der Waals surface area contributed by atoms with Gasteiger partial charge in [0.25, 0.3) is 5.56 Å². The smallest absolute Gasteiger partial charge is 0.338 e. The van der Waals surface area contributed by atoms with Crippen LogP contribution in [0.5, 0.6) is 17.2 Å². The van der Waals surface area contributed by atoms with E-state index in [1.807, 2.05) is 0 Å². The number of allylic oxidation sites excluding steroid dienone is 1. The molecule has 0 bridgehead atoms. The van der Waals surface area contributed by atoms with Gasteiger partial charge < -0.3 is 23.4 Å². The number of aromatic nitrogens is 3. The molecule has 3 aromatic heterocycles. The topological polar surface area (TPSA) is 127 Å². The molecule has 0 spiro atoms. The van der Waals surface area contributed by atoms with Crippen molar-refractivity contribution in [2.24, 2.45) is 4.99 Å². The average molecular weight is 595 g/mol. The Morgan fingerprint density at radius 3 is 2.46 bits per heavy atom. The fraction of sp³-hybridized carbons (Fsp3) is 0.250. The third kappa shape index (κ3) is 5.50. The number of rotatable bonds is 9. The summed E-state index contributed by atoms with van der Waals surface area (Å²) in [6, 6.07) is 7.84. The number of thiazole rings is 1. The number of benzene rings is 1. The maximum Gasteiger partial charge on any atom is 0.338 e. The number of methoxy groups -OCH3 is 3. The van der Waals surface area contributed by atoms with Crippen molar-refractivity contribution < 1.29 is 28.2 Å². The van der Waals surface area contributed by atoms with Gasteiger partial charge in [-0.1, -0.05) is 11.3 Å². The van der Waals surface area contributed by atoms with E-state index in [9.17, 15) is 9.59 Å². The highest BCUT2D eigenvalue weighted by Gasteiger charge is 2.34. The van der Waals surface area contributed by atoms with Crippen LogP contribution in [0.4, 0.5) is 0 Å². The van der Waals surface area contributed by atoms with Crippen molar-refractivity contribution in [1.29, 1.82) is 0 Å². The van der Waals surface area contributed by atoms with Crippen molar-refractivity contribution in [3.05, 3.63) is 85.0 Å². The molecule has 1 aliphatic heterocycles. The lowest BCUT2D eigenvalue weighted by molar-refractivity contribution is -0.139. The molecule has 0 fully saturated rings. The third-order valence-corrected chi connectivity index (χ3v) is 7.93. The molecular weight excluding hydrogens is 568 g/mol. The molecule has 0 aliphatic carbocycles. The molecular formula is C28H26N4O7S2. The summed E-state index contributed by atoms with van der Waals surface area (Å²) in [4.78, 5) is 40.5. The van der Waals surface area contributed by atoms with E-state index < -0.39 is 12.0 Å². The van der Waals surface area contributed by atoms with Crippen LogP contribution < -0.4 is 29.1 Å². The first-order valence-corrected chi connectivity index (χ1v) is 14.1. The zero-order valence-electron chi connectivity index (χ0n) is 22.9. The SMILES string of the molecule is CCOC(=O)C1=C(C)N=c2s/c(=C/c3ccc(Sc4ncccn4)o3)c(=O)n2[C@H]1c1cc(OC)c(OC)c(OC)c1. The van der Waals surface area contributed by atoms with Gasteiger partial charge in [0, 0.05) is 18.5 Å². The van der Waals surface area contributed by atoms with Gasteiger partial charge in [0.1, 0.15) is 5.76 Å². The van der Waals surface area contributed by atoms with Crippen LogP contribution in [0.15, 0.2) is 78.4 Å². The van der Waals surface area contributed by atoms with E-state index in [0.29, 0.717) is 53.9 Å². The first kappa shape index (κ1) is 28.2. The fourth-order valence-electron chi connectivity index (χ4n) is 4.39. The molecule has 0 N–H and O–H groups in total. The van der Waals surface area contributed by atoms with Crippen molar-refractivity contribution in [2.45, 2.75) is 30.1 Å². The second-order valence-corrected chi connectivity index (χ2v) is 10.5. The molecule has 212 valence electrons. The normalized spacial score (nSPS) is 14.9. The van der Waals surface area contributed by atoms with Gasteiger partial charge >= 0.3 is 5.97 Å². The highest BCUT2D eigenvalue weighted by molar-refractivity contribution is 7.99. The van der Waals surface area contributed by atoms with E-state index in [-0.39, 0.29) is 17.7 Å². The molecule has 0 saturated carbocycles. The summed E-state index contributed by atoms with van der Waals surface area (Å²) in [7, 11) is 4.50. The van der Waals surface area contributed by atoms with Gasteiger partial charge in [-0.3, -0.25) is 9.36 Å². The van der Waals surface area contributed by atoms with Gasteiger partial charge in [-0.05, 0) is 61.5 Å². The van der Waals surface area contributed by atoms with Gasteiger partial charge in [-0.15, -0.1) is 0 Å². The lowest BCUT2D eigenvalue weighted by Gasteiger charge is -2.26. The minimum Gasteiger partial charge on any atom is -0.493 e. The molecule has 5 rings (SSSR count). The Balaban J connectivity index is 1.65. The average Bonchev–Trinajstić information content (AvgIpc) is 3.54. The summed E-state index contributed by atoms with van der Waals surface area (Å²) in [5.74, 6) is 1.05. The van der Waals surface area contributed by atoms with Crippen LogP contribution in [-0.2, 0) is 9.53 Å². The number of ether oxygens (including phenoxy) is 4. The summed E-state index contributed by atoms with van der Waals surface area (Å²) in [6.07, 6.45) is 4.95. The number of furan rings is 1. The highest BCUT2D eigenvalue weighted by Crippen LogP contribution is 2.42. The fourth-order valence-corrected chi connectivity index (χ4v) is 6.10. The van der Waals surface area contributed by atoms with E-state index in [1.54, 1.807) is 62.6 Å². The van der Waals surface area contributed by atoms with Crippen molar-refractivity contribution >= 4 is 35.1 Å². The predicted octanol–water partition coefficient (Wildman–Crippen LogP) is 3.36. The Morgan fingerprint density at radius 2 is 1.83 bits per heavy atom. The summed E-state index contributed by atoms with van der Waals surface area (Å²) >= 11 is 2.46. The van der Waals surface area contributed by atoms with Gasteiger partial charge in [0.05, 0.1) is 49.8 Å². The van der Waals surface area contributed by atoms with E-state index in [4.69, 9.17) is 23.4 Å². The molecule has 4 heterocycles. The predicted molar refractivity (Wildman–Crippen MR) is 151 cm³/mol. The maximum absolute atomic E-state index is 13.9. The van der Waals surface area contributed by atoms with Crippen LogP contribution in [0.3, 0.4) is 0 Å². The van der Waals surface area contributed by atoms with Crippen LogP contribution >= 0.6 is 23.1 Å². The van der Waals surface area contributed by atoms with Crippen molar-refractivity contribution in [3.8, 4) is 17.2 Å². The molecule has 0 radical (unpaired) electrons. The second kappa shape index (κ2) is 12.0. The molecule has 1 aromatic carbocycles. The number of fused-ring (bicyclic) bond motifs is 1. The molecule has 0 saturated heterocycles. The zero-order chi connectivity index (χ0) is 29.1. The van der Waals surface area contributed by atoms with Crippen LogP contribution in [-0.4, -0.2) is 48.4 Å². The summed E-state index contributed by atoms with van der Waals surface area (Å²) in [6.45, 7) is 3.60. The van der Waals surface area contributed by atoms with Crippen LogP contribution in [0.2, 0.25) is 0 Å². The molecule has 1 atom stereocenters. The van der Waals surface area contributed by atoms with E-state index >= 15 is 0 Å². The van der Waals surface area contributed by atoms with E-state index in [1.165, 1.54) is 49.0 Å². The lowest BCUT2D eigenvalue weighted by Crippen LogP contribution is -2.40. The zero-order valence-corrected chi connectivity index (χ0v) is 24.5. The van der Waals surface area contributed by atoms with Gasteiger partial charge in [-0.25, -0.2) is 19.8 Å². The summed E-state index contributed by atoms with van der Waals surface area (Å²) in [5.41, 5.74) is 0.886.